The lowest BCUT2D eigenvalue weighted by Gasteiger charge is -2.34. The fourth-order valence-electron chi connectivity index (χ4n) is 5.10. The second-order valence-corrected chi connectivity index (χ2v) is 13.8. The fraction of sp³-hybridized carbons (Fsp3) is 0.351. The predicted molar refractivity (Wildman–Crippen MR) is 178 cm³/mol. The first-order valence-electron chi connectivity index (χ1n) is 15.8. The van der Waals surface area contributed by atoms with Crippen molar-refractivity contribution in [1.82, 2.24) is 15.0 Å². The standard InChI is InChI=1S/C37H38FN3O8/c1-35(2,3)48-33(44)37(34(45)49-36(4,5)6,17-18-41-32(43)27-9-7-8-10-28(27)39-40-41)21-29(42)31-20-24-19-26(15-16-30(24)47-31)46-22-23-11-13-25(38)14-12-23/h7-16,19-20H,17-18,21-22H2,1-6H3. The van der Waals surface area contributed by atoms with Crippen molar-refractivity contribution in [1.29, 1.82) is 0 Å². The molecule has 0 radical (unpaired) electrons. The van der Waals surface area contributed by atoms with Crippen molar-refractivity contribution in [2.24, 2.45) is 5.41 Å². The highest BCUT2D eigenvalue weighted by atomic mass is 19.1. The smallest absolute Gasteiger partial charge is 0.324 e. The lowest BCUT2D eigenvalue weighted by atomic mass is 9.78. The summed E-state index contributed by atoms with van der Waals surface area (Å²) in [6.45, 7) is 9.77. The SMILES string of the molecule is CC(C)(C)OC(=O)C(CCn1nnc2ccccc2c1=O)(CC(=O)c1cc2cc(OCc3ccc(F)cc3)ccc2o1)C(=O)OC(C)(C)C. The Kier molecular flexibility index (Phi) is 9.71. The largest absolute Gasteiger partial charge is 0.489 e. The summed E-state index contributed by atoms with van der Waals surface area (Å²) in [7, 11) is 0. The molecule has 5 aromatic rings. The maximum Gasteiger partial charge on any atom is 0.324 e. The minimum atomic E-state index is -2.19. The van der Waals surface area contributed by atoms with Crippen LogP contribution in [0.15, 0.2) is 82.0 Å². The van der Waals surface area contributed by atoms with Gasteiger partial charge in [0.1, 0.15) is 40.5 Å². The second kappa shape index (κ2) is 13.6. The number of esters is 2. The number of rotatable bonds is 11. The third-order valence-corrected chi connectivity index (χ3v) is 7.50. The summed E-state index contributed by atoms with van der Waals surface area (Å²) >= 11 is 0. The minimum absolute atomic E-state index is 0.107. The van der Waals surface area contributed by atoms with E-state index < -0.39 is 46.3 Å². The maximum atomic E-state index is 14.1. The quantitative estimate of drug-likeness (QED) is 0.0858. The molecule has 0 spiro atoms. The molecule has 2 heterocycles. The molecule has 0 aliphatic carbocycles. The van der Waals surface area contributed by atoms with E-state index in [4.69, 9.17) is 18.6 Å². The molecule has 5 rings (SSSR count). The molecule has 0 amide bonds. The van der Waals surface area contributed by atoms with Crippen LogP contribution in [0.2, 0.25) is 0 Å². The van der Waals surface area contributed by atoms with Gasteiger partial charge in [0.25, 0.3) is 5.56 Å². The van der Waals surface area contributed by atoms with Gasteiger partial charge in [0.15, 0.2) is 17.0 Å². The van der Waals surface area contributed by atoms with E-state index in [-0.39, 0.29) is 31.1 Å². The van der Waals surface area contributed by atoms with Gasteiger partial charge < -0.3 is 18.6 Å². The van der Waals surface area contributed by atoms with Crippen LogP contribution in [-0.2, 0) is 32.2 Å². The molecular formula is C37H38FN3O8. The van der Waals surface area contributed by atoms with Gasteiger partial charge in [-0.1, -0.05) is 29.5 Å². The Morgan fingerprint density at radius 3 is 2.16 bits per heavy atom. The molecule has 49 heavy (non-hydrogen) atoms. The Hall–Kier alpha value is -5.39. The normalized spacial score (nSPS) is 12.2. The number of fused-ring (bicyclic) bond motifs is 2. The van der Waals surface area contributed by atoms with E-state index in [9.17, 15) is 23.6 Å². The first-order valence-corrected chi connectivity index (χ1v) is 15.8. The third kappa shape index (κ3) is 8.37. The highest BCUT2D eigenvalue weighted by Crippen LogP contribution is 2.37. The van der Waals surface area contributed by atoms with Crippen LogP contribution in [-0.4, -0.2) is 43.9 Å². The molecule has 0 unspecified atom stereocenters. The van der Waals surface area contributed by atoms with E-state index in [0.29, 0.717) is 27.6 Å². The summed E-state index contributed by atoms with van der Waals surface area (Å²) in [6, 6.07) is 19.1. The van der Waals surface area contributed by atoms with Gasteiger partial charge in [0, 0.05) is 18.4 Å². The van der Waals surface area contributed by atoms with Gasteiger partial charge in [-0.3, -0.25) is 19.2 Å². The van der Waals surface area contributed by atoms with Gasteiger partial charge in [0.05, 0.1) is 5.39 Å². The number of nitrogens with zero attached hydrogens (tertiary/aromatic N) is 3. The lowest BCUT2D eigenvalue weighted by Crippen LogP contribution is -2.49. The van der Waals surface area contributed by atoms with E-state index in [0.717, 1.165) is 10.2 Å². The molecule has 0 N–H and O–H groups in total. The number of carbonyl (C=O) groups is 3. The number of aromatic nitrogens is 3. The summed E-state index contributed by atoms with van der Waals surface area (Å²) in [5.74, 6) is -2.62. The maximum absolute atomic E-state index is 14.1. The molecule has 0 fully saturated rings. The van der Waals surface area contributed by atoms with E-state index in [1.54, 1.807) is 96.1 Å². The number of benzene rings is 3. The highest BCUT2D eigenvalue weighted by Gasteiger charge is 2.53. The van der Waals surface area contributed by atoms with Gasteiger partial charge in [-0.15, -0.1) is 5.10 Å². The Morgan fingerprint density at radius 1 is 0.857 bits per heavy atom. The van der Waals surface area contributed by atoms with Crippen LogP contribution in [0.1, 0.15) is 70.5 Å². The molecule has 0 saturated carbocycles. The zero-order valence-corrected chi connectivity index (χ0v) is 28.2. The summed E-state index contributed by atoms with van der Waals surface area (Å²) in [5, 5.41) is 8.95. The molecule has 256 valence electrons. The topological polar surface area (TPSA) is 140 Å². The van der Waals surface area contributed by atoms with Crippen molar-refractivity contribution < 1.29 is 37.4 Å². The molecule has 0 aliphatic heterocycles. The Bertz CT molecular complexity index is 2040. The van der Waals surface area contributed by atoms with E-state index in [1.165, 1.54) is 18.2 Å². The molecule has 0 atom stereocenters. The molecular weight excluding hydrogens is 633 g/mol. The van der Waals surface area contributed by atoms with Crippen LogP contribution in [0, 0.1) is 11.2 Å². The van der Waals surface area contributed by atoms with E-state index in [2.05, 4.69) is 10.3 Å². The molecule has 2 aromatic heterocycles. The van der Waals surface area contributed by atoms with Crippen molar-refractivity contribution in [3.8, 4) is 5.75 Å². The zero-order valence-electron chi connectivity index (χ0n) is 28.2. The molecule has 0 bridgehead atoms. The summed E-state index contributed by atoms with van der Waals surface area (Å²) in [6.07, 6.45) is -1.04. The summed E-state index contributed by atoms with van der Waals surface area (Å²) < 4.78 is 37.5. The number of hydrogen-bond acceptors (Lipinski definition) is 10. The molecule has 11 nitrogen and oxygen atoms in total. The minimum Gasteiger partial charge on any atom is -0.489 e. The number of furan rings is 1. The number of ether oxygens (including phenoxy) is 3. The van der Waals surface area contributed by atoms with Crippen LogP contribution in [0.4, 0.5) is 4.39 Å². The van der Waals surface area contributed by atoms with Crippen molar-refractivity contribution in [2.75, 3.05) is 0 Å². The highest BCUT2D eigenvalue weighted by molar-refractivity contribution is 6.08. The van der Waals surface area contributed by atoms with Gasteiger partial charge in [0.2, 0.25) is 0 Å². The zero-order chi connectivity index (χ0) is 35.6. The Morgan fingerprint density at radius 2 is 1.51 bits per heavy atom. The van der Waals surface area contributed by atoms with Crippen molar-refractivity contribution >= 4 is 39.6 Å². The van der Waals surface area contributed by atoms with Gasteiger partial charge in [-0.2, -0.15) is 0 Å². The fourth-order valence-corrected chi connectivity index (χ4v) is 5.10. The summed E-state index contributed by atoms with van der Waals surface area (Å²) in [5.41, 5.74) is -3.20. The van der Waals surface area contributed by atoms with Crippen molar-refractivity contribution in [3.05, 3.63) is 100 Å². The van der Waals surface area contributed by atoms with Crippen molar-refractivity contribution in [2.45, 2.75) is 78.7 Å². The third-order valence-electron chi connectivity index (χ3n) is 7.50. The average molecular weight is 672 g/mol. The number of ketones is 1. The predicted octanol–water partition coefficient (Wildman–Crippen LogP) is 6.59. The first kappa shape index (κ1) is 34.9. The molecule has 12 heteroatoms. The molecule has 0 aliphatic rings. The second-order valence-electron chi connectivity index (χ2n) is 13.8. The number of halogens is 1. The molecule has 0 saturated heterocycles. The number of carbonyl (C=O) groups excluding carboxylic acids is 3. The van der Waals surface area contributed by atoms with E-state index >= 15 is 0 Å². The number of hydrogen-bond donors (Lipinski definition) is 0. The van der Waals surface area contributed by atoms with Crippen LogP contribution in [0.25, 0.3) is 21.9 Å². The summed E-state index contributed by atoms with van der Waals surface area (Å²) in [4.78, 5) is 55.4. The van der Waals surface area contributed by atoms with Crippen LogP contribution < -0.4 is 10.3 Å². The number of Topliss-reactive ketones (excluding diaryl/α,β-unsaturated/α-hetero) is 1. The van der Waals surface area contributed by atoms with Crippen LogP contribution in [0.5, 0.6) is 5.75 Å². The lowest BCUT2D eigenvalue weighted by molar-refractivity contribution is -0.186. The van der Waals surface area contributed by atoms with Gasteiger partial charge >= 0.3 is 11.9 Å². The Labute approximate surface area is 282 Å². The van der Waals surface area contributed by atoms with Crippen molar-refractivity contribution in [3.63, 3.8) is 0 Å². The van der Waals surface area contributed by atoms with E-state index in [1.807, 2.05) is 0 Å². The van der Waals surface area contributed by atoms with Gasteiger partial charge in [-0.25, -0.2) is 9.07 Å². The monoisotopic (exact) mass is 671 g/mol. The Balaban J connectivity index is 1.48. The number of aryl methyl sites for hydroxylation is 1. The first-order chi connectivity index (χ1) is 23.0. The molecule has 3 aromatic carbocycles. The van der Waals surface area contributed by atoms with Gasteiger partial charge in [-0.05, 0) is 102 Å². The average Bonchev–Trinajstić information content (AvgIpc) is 3.46. The van der Waals surface area contributed by atoms with Crippen LogP contribution >= 0.6 is 0 Å². The van der Waals surface area contributed by atoms with Crippen LogP contribution in [0.3, 0.4) is 0 Å².